The van der Waals surface area contributed by atoms with Crippen LogP contribution in [-0.2, 0) is 0 Å². The van der Waals surface area contributed by atoms with Gasteiger partial charge in [0.1, 0.15) is 0 Å². The van der Waals surface area contributed by atoms with E-state index in [1.807, 2.05) is 42.5 Å². The number of nitrogens with zero attached hydrogens (tertiary/aromatic N) is 3. The molecule has 3 heteroatoms. The van der Waals surface area contributed by atoms with Crippen LogP contribution in [0, 0.1) is 11.3 Å². The quantitative estimate of drug-likeness (QED) is 0.157. The highest BCUT2D eigenvalue weighted by atomic mass is 14.9. The van der Waals surface area contributed by atoms with E-state index >= 15 is 0 Å². The Labute approximate surface area is 381 Å². The zero-order valence-corrected chi connectivity index (χ0v) is 35.7. The molecule has 0 aliphatic heterocycles. The van der Waals surface area contributed by atoms with Gasteiger partial charge in [0.25, 0.3) is 0 Å². The van der Waals surface area contributed by atoms with Crippen molar-refractivity contribution >= 4 is 64.6 Å². The molecule has 0 fully saturated rings. The first-order valence-corrected chi connectivity index (χ1v) is 22.3. The van der Waals surface area contributed by atoms with Crippen molar-refractivity contribution in [1.29, 1.82) is 5.26 Å². The van der Waals surface area contributed by atoms with Crippen LogP contribution in [0.2, 0.25) is 0 Å². The summed E-state index contributed by atoms with van der Waals surface area (Å²) >= 11 is 0. The van der Waals surface area contributed by atoms with E-state index in [0.29, 0.717) is 11.4 Å². The number of hydrogen-bond donors (Lipinski definition) is 0. The molecular formula is C63H37N3. The molecule has 0 amide bonds. The summed E-state index contributed by atoms with van der Waals surface area (Å²) in [5.74, 6) is 0.674. The van der Waals surface area contributed by atoms with Gasteiger partial charge in [-0.3, -0.25) is 0 Å². The normalized spacial score (nSPS) is 11.6. The van der Waals surface area contributed by atoms with Gasteiger partial charge in [0.15, 0.2) is 5.82 Å². The van der Waals surface area contributed by atoms with Crippen molar-refractivity contribution in [2.75, 3.05) is 0 Å². The zero-order valence-electron chi connectivity index (χ0n) is 35.7. The van der Waals surface area contributed by atoms with Crippen molar-refractivity contribution in [2.24, 2.45) is 0 Å². The predicted molar refractivity (Wildman–Crippen MR) is 276 cm³/mol. The first-order valence-electron chi connectivity index (χ1n) is 22.3. The van der Waals surface area contributed by atoms with Crippen molar-refractivity contribution < 1.29 is 0 Å². The second-order valence-corrected chi connectivity index (χ2v) is 17.2. The number of benzene rings is 11. The largest absolute Gasteiger partial charge is 0.228 e. The summed E-state index contributed by atoms with van der Waals surface area (Å²) < 4.78 is 0. The molecule has 304 valence electrons. The molecule has 1 aromatic heterocycles. The number of rotatable bonds is 6. The van der Waals surface area contributed by atoms with Crippen LogP contribution in [0.5, 0.6) is 0 Å². The van der Waals surface area contributed by atoms with Crippen LogP contribution in [0.15, 0.2) is 224 Å². The van der Waals surface area contributed by atoms with Crippen LogP contribution < -0.4 is 0 Å². The van der Waals surface area contributed by atoms with Crippen LogP contribution in [0.1, 0.15) is 5.56 Å². The third kappa shape index (κ3) is 6.20. The first kappa shape index (κ1) is 37.6. The van der Waals surface area contributed by atoms with Crippen LogP contribution in [0.4, 0.5) is 0 Å². The van der Waals surface area contributed by atoms with Gasteiger partial charge in [-0.1, -0.05) is 188 Å². The standard InChI is InChI=1S/C63H37N3/c64-38-39-18-20-42(21-19-39)49-13-4-14-50(34-49)58-37-57(65-63(66-58)48-8-2-1-3-9-48)44-28-26-41(27-29-44)40-22-24-43(25-23-40)52-35-51-33-32-47-11-6-16-54-53-15-5-10-45-30-31-46-12-7-17-55(61(46)59(45)53)56(36-52)62(51)60(47)54/h1-37H. The summed E-state index contributed by atoms with van der Waals surface area (Å²) in [5.41, 5.74) is 12.1. The maximum atomic E-state index is 9.32. The molecule has 1 heterocycles. The Kier molecular flexibility index (Phi) is 8.59. The molecule has 0 saturated carbocycles. The maximum Gasteiger partial charge on any atom is 0.160 e. The fourth-order valence-corrected chi connectivity index (χ4v) is 10.2. The van der Waals surface area contributed by atoms with E-state index in [4.69, 9.17) is 9.97 Å². The summed E-state index contributed by atoms with van der Waals surface area (Å²) in [6.45, 7) is 0. The van der Waals surface area contributed by atoms with Gasteiger partial charge in [-0.05, 0) is 134 Å². The predicted octanol–water partition coefficient (Wildman–Crippen LogP) is 16.7. The Morgan fingerprint density at radius 3 is 1.30 bits per heavy atom. The fraction of sp³-hybridized carbons (Fsp3) is 0. The van der Waals surface area contributed by atoms with Gasteiger partial charge in [-0.25, -0.2) is 9.97 Å². The minimum absolute atomic E-state index is 0.641. The molecular weight excluding hydrogens is 799 g/mol. The molecule has 12 aromatic carbocycles. The lowest BCUT2D eigenvalue weighted by Gasteiger charge is -2.17. The molecule has 0 atom stereocenters. The Morgan fingerprint density at radius 1 is 0.273 bits per heavy atom. The number of hydrogen-bond acceptors (Lipinski definition) is 3. The van der Waals surface area contributed by atoms with Crippen LogP contribution >= 0.6 is 0 Å². The highest BCUT2D eigenvalue weighted by Crippen LogP contribution is 2.44. The molecule has 0 spiro atoms. The molecule has 0 saturated heterocycles. The molecule has 3 nitrogen and oxygen atoms in total. The van der Waals surface area contributed by atoms with Gasteiger partial charge < -0.3 is 0 Å². The highest BCUT2D eigenvalue weighted by Gasteiger charge is 2.17. The van der Waals surface area contributed by atoms with Gasteiger partial charge in [-0.15, -0.1) is 0 Å². The maximum absolute atomic E-state index is 9.32. The lowest BCUT2D eigenvalue weighted by atomic mass is 9.86. The Bertz CT molecular complexity index is 4070. The van der Waals surface area contributed by atoms with Crippen LogP contribution in [-0.4, -0.2) is 9.97 Å². The molecule has 0 N–H and O–H groups in total. The number of aromatic nitrogens is 2. The smallest absolute Gasteiger partial charge is 0.160 e. The van der Waals surface area contributed by atoms with Crippen molar-refractivity contribution in [1.82, 2.24) is 9.97 Å². The molecule has 0 aliphatic rings. The Balaban J connectivity index is 0.883. The van der Waals surface area contributed by atoms with Crippen molar-refractivity contribution in [3.63, 3.8) is 0 Å². The third-order valence-corrected chi connectivity index (χ3v) is 13.4. The van der Waals surface area contributed by atoms with Crippen LogP contribution in [0.25, 0.3) is 132 Å². The van der Waals surface area contributed by atoms with Gasteiger partial charge in [0, 0.05) is 16.7 Å². The summed E-state index contributed by atoms with van der Waals surface area (Å²) in [6.07, 6.45) is 0. The van der Waals surface area contributed by atoms with Crippen molar-refractivity contribution in [3.05, 3.63) is 230 Å². The second-order valence-electron chi connectivity index (χ2n) is 17.2. The minimum atomic E-state index is 0.641. The summed E-state index contributed by atoms with van der Waals surface area (Å²) in [5, 5.41) is 24.8. The summed E-state index contributed by atoms with van der Waals surface area (Å²) in [7, 11) is 0. The fourth-order valence-electron chi connectivity index (χ4n) is 10.2. The van der Waals surface area contributed by atoms with Gasteiger partial charge in [-0.2, -0.15) is 5.26 Å². The lowest BCUT2D eigenvalue weighted by molar-refractivity contribution is 1.18. The van der Waals surface area contributed by atoms with Gasteiger partial charge >= 0.3 is 0 Å². The molecule has 0 unspecified atom stereocenters. The lowest BCUT2D eigenvalue weighted by Crippen LogP contribution is -1.96. The van der Waals surface area contributed by atoms with E-state index in [1.54, 1.807) is 0 Å². The number of fused-ring (bicyclic) bond motifs is 2. The van der Waals surface area contributed by atoms with E-state index in [9.17, 15) is 5.26 Å². The highest BCUT2D eigenvalue weighted by molar-refractivity contribution is 6.37. The SMILES string of the molecule is N#Cc1ccc(-c2cccc(-c3cc(-c4ccc(-c5ccc(-c6cc7ccc8cccc9c%10cccc%11ccc%12cccc(c(c6)c7c89)c%12c%11%10)cc5)cc4)nc(-c4ccccc4)n3)c2)cc1. The molecule has 13 rings (SSSR count). The van der Waals surface area contributed by atoms with Crippen molar-refractivity contribution in [3.8, 4) is 73.4 Å². The molecule has 0 aliphatic carbocycles. The number of nitriles is 1. The average molecular weight is 836 g/mol. The first-order chi connectivity index (χ1) is 32.6. The van der Waals surface area contributed by atoms with E-state index < -0.39 is 0 Å². The minimum Gasteiger partial charge on any atom is -0.228 e. The monoisotopic (exact) mass is 835 g/mol. The van der Waals surface area contributed by atoms with E-state index in [1.165, 1.54) is 75.8 Å². The Hall–Kier alpha value is -8.97. The molecule has 0 radical (unpaired) electrons. The van der Waals surface area contributed by atoms with E-state index in [2.05, 4.69) is 188 Å². The zero-order chi connectivity index (χ0) is 43.7. The van der Waals surface area contributed by atoms with Crippen LogP contribution in [0.3, 0.4) is 0 Å². The second kappa shape index (κ2) is 15.1. The van der Waals surface area contributed by atoms with Gasteiger partial charge in [0.05, 0.1) is 23.0 Å². The van der Waals surface area contributed by atoms with Gasteiger partial charge in [0.2, 0.25) is 0 Å². The Morgan fingerprint density at radius 2 is 0.712 bits per heavy atom. The molecule has 66 heavy (non-hydrogen) atoms. The topological polar surface area (TPSA) is 49.6 Å². The molecule has 0 bridgehead atoms. The average Bonchev–Trinajstić information content (AvgIpc) is 3.39. The van der Waals surface area contributed by atoms with Crippen molar-refractivity contribution in [2.45, 2.75) is 0 Å². The third-order valence-electron chi connectivity index (χ3n) is 13.4. The molecule has 13 aromatic rings. The van der Waals surface area contributed by atoms with E-state index in [-0.39, 0.29) is 0 Å². The van der Waals surface area contributed by atoms with E-state index in [0.717, 1.165) is 50.3 Å². The summed E-state index contributed by atoms with van der Waals surface area (Å²) in [6, 6.07) is 82.5. The summed E-state index contributed by atoms with van der Waals surface area (Å²) in [4.78, 5) is 10.2.